The second kappa shape index (κ2) is 8.05. The molecule has 1 aromatic rings. The number of hydrazine groups is 1. The summed E-state index contributed by atoms with van der Waals surface area (Å²) in [4.78, 5) is 48.5. The molecule has 28 heavy (non-hydrogen) atoms. The topological polar surface area (TPSA) is 141 Å². The number of nitrogens with zero attached hydrogens (tertiary/aromatic N) is 3. The Bertz CT molecular complexity index is 874. The van der Waals surface area contributed by atoms with Gasteiger partial charge in [-0.15, -0.1) is 0 Å². The highest BCUT2D eigenvalue weighted by atomic mass is 16.6. The van der Waals surface area contributed by atoms with Crippen molar-refractivity contribution in [1.82, 2.24) is 19.6 Å². The van der Waals surface area contributed by atoms with Gasteiger partial charge in [0, 0.05) is 33.1 Å². The Balaban J connectivity index is 1.98. The molecule has 1 saturated heterocycles. The van der Waals surface area contributed by atoms with Gasteiger partial charge in [0.1, 0.15) is 17.1 Å². The number of piperidine rings is 1. The Kier molecular flexibility index (Phi) is 6.17. The zero-order valence-corrected chi connectivity index (χ0v) is 16.9. The fourth-order valence-corrected chi connectivity index (χ4v) is 2.89. The molecule has 156 valence electrons. The summed E-state index contributed by atoms with van der Waals surface area (Å²) in [5.74, 6) is -0.789. The zero-order chi connectivity index (χ0) is 21.2. The van der Waals surface area contributed by atoms with E-state index in [0.717, 1.165) is 9.13 Å². The molecule has 4 N–H and O–H groups in total. The molecule has 0 bridgehead atoms. The third-order valence-corrected chi connectivity index (χ3v) is 4.47. The van der Waals surface area contributed by atoms with Crippen molar-refractivity contribution in [2.75, 3.05) is 24.1 Å². The second-order valence-electron chi connectivity index (χ2n) is 7.83. The largest absolute Gasteiger partial charge is 0.443 e. The van der Waals surface area contributed by atoms with Crippen LogP contribution in [-0.2, 0) is 23.6 Å². The van der Waals surface area contributed by atoms with Crippen LogP contribution in [0.3, 0.4) is 0 Å². The van der Waals surface area contributed by atoms with Crippen molar-refractivity contribution >= 4 is 23.5 Å². The number of amides is 2. The van der Waals surface area contributed by atoms with Gasteiger partial charge in [0.15, 0.2) is 0 Å². The summed E-state index contributed by atoms with van der Waals surface area (Å²) in [5.41, 5.74) is 6.55. The van der Waals surface area contributed by atoms with Gasteiger partial charge < -0.3 is 15.8 Å². The number of carbonyl (C=O) groups is 2. The fraction of sp³-hybridized carbons (Fsp3) is 0.647. The maximum atomic E-state index is 12.6. The van der Waals surface area contributed by atoms with Crippen LogP contribution in [0.2, 0.25) is 0 Å². The van der Waals surface area contributed by atoms with Crippen LogP contribution in [-0.4, -0.2) is 44.8 Å². The molecule has 0 spiro atoms. The van der Waals surface area contributed by atoms with E-state index in [1.165, 1.54) is 14.1 Å². The Morgan fingerprint density at radius 2 is 1.68 bits per heavy atom. The van der Waals surface area contributed by atoms with E-state index in [0.29, 0.717) is 25.9 Å². The normalized spacial score (nSPS) is 15.9. The van der Waals surface area contributed by atoms with E-state index in [-0.39, 0.29) is 23.3 Å². The van der Waals surface area contributed by atoms with Gasteiger partial charge in [0.25, 0.3) is 5.56 Å². The SMILES string of the molecule is Cn1c(N)c(NC(=O)C2CCN(NC(=O)OC(C)(C)C)CC2)c(=O)n(C)c1=O. The van der Waals surface area contributed by atoms with E-state index in [4.69, 9.17) is 10.5 Å². The van der Waals surface area contributed by atoms with Crippen molar-refractivity contribution < 1.29 is 14.3 Å². The van der Waals surface area contributed by atoms with E-state index >= 15 is 0 Å². The summed E-state index contributed by atoms with van der Waals surface area (Å²) in [7, 11) is 2.74. The smallest absolute Gasteiger partial charge is 0.422 e. The number of nitrogens with two attached hydrogens (primary N) is 1. The number of aromatic nitrogens is 2. The molecule has 0 atom stereocenters. The van der Waals surface area contributed by atoms with Crippen molar-refractivity contribution in [3.8, 4) is 0 Å². The third kappa shape index (κ3) is 4.91. The zero-order valence-electron chi connectivity index (χ0n) is 16.9. The van der Waals surface area contributed by atoms with Crippen LogP contribution in [0.5, 0.6) is 0 Å². The number of nitrogens with one attached hydrogen (secondary N) is 2. The highest BCUT2D eigenvalue weighted by Crippen LogP contribution is 2.19. The standard InChI is InChI=1S/C17H28N6O5/c1-17(2,3)28-15(26)20-23-8-6-10(7-9-23)13(24)19-11-12(18)21(4)16(27)22(5)14(11)25/h10H,6-9,18H2,1-5H3,(H,19,24)(H,20,26). The van der Waals surface area contributed by atoms with E-state index in [2.05, 4.69) is 10.7 Å². The van der Waals surface area contributed by atoms with Gasteiger partial charge >= 0.3 is 11.8 Å². The molecule has 2 heterocycles. The van der Waals surface area contributed by atoms with Crippen LogP contribution in [0.4, 0.5) is 16.3 Å². The Morgan fingerprint density at radius 1 is 1.11 bits per heavy atom. The van der Waals surface area contributed by atoms with Gasteiger partial charge in [-0.2, -0.15) is 0 Å². The molecule has 1 fully saturated rings. The van der Waals surface area contributed by atoms with Gasteiger partial charge in [-0.05, 0) is 33.6 Å². The minimum absolute atomic E-state index is 0.0921. The maximum absolute atomic E-state index is 12.6. The molecular formula is C17H28N6O5. The molecule has 0 unspecified atom stereocenters. The van der Waals surface area contributed by atoms with Gasteiger partial charge in [0.2, 0.25) is 5.91 Å². The van der Waals surface area contributed by atoms with E-state index in [1.54, 1.807) is 25.8 Å². The first kappa shape index (κ1) is 21.5. The summed E-state index contributed by atoms with van der Waals surface area (Å²) < 4.78 is 7.19. The number of carbonyl (C=O) groups excluding carboxylic acids is 2. The highest BCUT2D eigenvalue weighted by molar-refractivity contribution is 5.94. The quantitative estimate of drug-likeness (QED) is 0.640. The van der Waals surface area contributed by atoms with Crippen molar-refractivity contribution in [2.45, 2.75) is 39.2 Å². The molecule has 2 rings (SSSR count). The number of rotatable bonds is 3. The van der Waals surface area contributed by atoms with Crippen molar-refractivity contribution in [1.29, 1.82) is 0 Å². The molecule has 0 saturated carbocycles. The molecule has 1 aromatic heterocycles. The summed E-state index contributed by atoms with van der Waals surface area (Å²) in [6, 6.07) is 0. The summed E-state index contributed by atoms with van der Waals surface area (Å²) in [5, 5.41) is 4.25. The van der Waals surface area contributed by atoms with Crippen molar-refractivity contribution in [2.24, 2.45) is 20.0 Å². The van der Waals surface area contributed by atoms with E-state index in [9.17, 15) is 19.2 Å². The lowest BCUT2D eigenvalue weighted by Crippen LogP contribution is -2.49. The molecule has 0 aromatic carbocycles. The van der Waals surface area contributed by atoms with Crippen LogP contribution >= 0.6 is 0 Å². The van der Waals surface area contributed by atoms with Crippen molar-refractivity contribution in [3.63, 3.8) is 0 Å². The average Bonchev–Trinajstić information content (AvgIpc) is 2.60. The number of hydrogen-bond acceptors (Lipinski definition) is 7. The first-order valence-electron chi connectivity index (χ1n) is 9.01. The third-order valence-electron chi connectivity index (χ3n) is 4.47. The average molecular weight is 396 g/mol. The fourth-order valence-electron chi connectivity index (χ4n) is 2.89. The summed E-state index contributed by atoms with van der Waals surface area (Å²) in [6.45, 7) is 6.24. The van der Waals surface area contributed by atoms with Crippen LogP contribution in [0.1, 0.15) is 33.6 Å². The van der Waals surface area contributed by atoms with Crippen LogP contribution < -0.4 is 27.7 Å². The molecule has 0 radical (unpaired) electrons. The summed E-state index contributed by atoms with van der Waals surface area (Å²) >= 11 is 0. The van der Waals surface area contributed by atoms with E-state index in [1.807, 2.05) is 0 Å². The first-order valence-corrected chi connectivity index (χ1v) is 9.01. The molecule has 2 amide bonds. The predicted octanol–water partition coefficient (Wildman–Crippen LogP) is -0.244. The predicted molar refractivity (Wildman–Crippen MR) is 104 cm³/mol. The maximum Gasteiger partial charge on any atom is 0.422 e. The molecule has 1 aliphatic heterocycles. The lowest BCUT2D eigenvalue weighted by Gasteiger charge is -2.32. The minimum atomic E-state index is -0.655. The second-order valence-corrected chi connectivity index (χ2v) is 7.83. The molecule has 11 heteroatoms. The van der Waals surface area contributed by atoms with Crippen LogP contribution in [0, 0.1) is 5.92 Å². The van der Waals surface area contributed by atoms with Crippen molar-refractivity contribution in [3.05, 3.63) is 20.8 Å². The number of hydrogen-bond donors (Lipinski definition) is 3. The molecule has 0 aliphatic carbocycles. The Morgan fingerprint density at radius 3 is 2.21 bits per heavy atom. The number of nitrogen functional groups attached to an aromatic ring is 1. The van der Waals surface area contributed by atoms with Crippen LogP contribution in [0.25, 0.3) is 0 Å². The highest BCUT2D eigenvalue weighted by Gasteiger charge is 2.28. The minimum Gasteiger partial charge on any atom is -0.443 e. The van der Waals surface area contributed by atoms with Gasteiger partial charge in [0.05, 0.1) is 0 Å². The first-order chi connectivity index (χ1) is 12.9. The Hall–Kier alpha value is -2.82. The number of anilines is 2. The van der Waals surface area contributed by atoms with Gasteiger partial charge in [-0.25, -0.2) is 14.6 Å². The molecular weight excluding hydrogens is 368 g/mol. The Labute approximate surface area is 162 Å². The van der Waals surface area contributed by atoms with Crippen LogP contribution in [0.15, 0.2) is 9.59 Å². The molecule has 1 aliphatic rings. The number of ether oxygens (including phenoxy) is 1. The van der Waals surface area contributed by atoms with Gasteiger partial charge in [-0.3, -0.25) is 24.1 Å². The lowest BCUT2D eigenvalue weighted by atomic mass is 9.97. The lowest BCUT2D eigenvalue weighted by molar-refractivity contribution is -0.121. The van der Waals surface area contributed by atoms with E-state index < -0.39 is 22.9 Å². The summed E-state index contributed by atoms with van der Waals surface area (Å²) in [6.07, 6.45) is 0.415. The monoisotopic (exact) mass is 396 g/mol. The van der Waals surface area contributed by atoms with Gasteiger partial charge in [-0.1, -0.05) is 0 Å². The molecule has 11 nitrogen and oxygen atoms in total.